The SMILES string of the molecule is Cc1nc(Oc2ccccc2)cc(N2CCN(C(=O)c3ccsc3)CC2)n1. The van der Waals surface area contributed by atoms with Gasteiger partial charge in [-0.3, -0.25) is 4.79 Å². The molecule has 27 heavy (non-hydrogen) atoms. The molecule has 0 atom stereocenters. The zero-order valence-corrected chi connectivity index (χ0v) is 15.9. The maximum atomic E-state index is 12.5. The van der Waals surface area contributed by atoms with E-state index >= 15 is 0 Å². The van der Waals surface area contributed by atoms with Gasteiger partial charge in [-0.25, -0.2) is 4.98 Å². The molecule has 0 N–H and O–H groups in total. The van der Waals surface area contributed by atoms with Gasteiger partial charge in [0.15, 0.2) is 0 Å². The third kappa shape index (κ3) is 4.09. The van der Waals surface area contributed by atoms with E-state index in [0.29, 0.717) is 24.8 Å². The maximum absolute atomic E-state index is 12.5. The molecule has 2 aromatic heterocycles. The van der Waals surface area contributed by atoms with Crippen molar-refractivity contribution in [3.63, 3.8) is 0 Å². The quantitative estimate of drug-likeness (QED) is 0.692. The van der Waals surface area contributed by atoms with Crippen molar-refractivity contribution in [1.29, 1.82) is 0 Å². The second-order valence-corrected chi connectivity index (χ2v) is 7.10. The van der Waals surface area contributed by atoms with Crippen molar-refractivity contribution in [3.05, 3.63) is 64.6 Å². The molecule has 4 rings (SSSR count). The summed E-state index contributed by atoms with van der Waals surface area (Å²) < 4.78 is 5.86. The lowest BCUT2D eigenvalue weighted by Gasteiger charge is -2.35. The van der Waals surface area contributed by atoms with E-state index < -0.39 is 0 Å². The molecule has 6 nitrogen and oxygen atoms in total. The molecular weight excluding hydrogens is 360 g/mol. The van der Waals surface area contributed by atoms with Crippen LogP contribution >= 0.6 is 11.3 Å². The van der Waals surface area contributed by atoms with Crippen LogP contribution < -0.4 is 9.64 Å². The van der Waals surface area contributed by atoms with E-state index in [4.69, 9.17) is 4.74 Å². The van der Waals surface area contributed by atoms with Crippen molar-refractivity contribution in [3.8, 4) is 11.6 Å². The predicted octanol–water partition coefficient (Wildman–Crippen LogP) is 3.60. The van der Waals surface area contributed by atoms with Crippen LogP contribution in [0, 0.1) is 6.92 Å². The standard InChI is InChI=1S/C20H20N4O2S/c1-15-21-18(13-19(22-15)26-17-5-3-2-4-6-17)23-8-10-24(11-9-23)20(25)16-7-12-27-14-16/h2-7,12-14H,8-11H2,1H3. The van der Waals surface area contributed by atoms with Crippen LogP contribution in [0.3, 0.4) is 0 Å². The van der Waals surface area contributed by atoms with Crippen LogP contribution in [-0.4, -0.2) is 47.0 Å². The van der Waals surface area contributed by atoms with Gasteiger partial charge < -0.3 is 14.5 Å². The first kappa shape index (κ1) is 17.5. The molecule has 0 bridgehead atoms. The number of piperazine rings is 1. The Kier molecular flexibility index (Phi) is 5.02. The van der Waals surface area contributed by atoms with Crippen molar-refractivity contribution in [2.75, 3.05) is 31.1 Å². The van der Waals surface area contributed by atoms with Crippen LogP contribution in [0.15, 0.2) is 53.2 Å². The number of para-hydroxylation sites is 1. The second kappa shape index (κ2) is 7.75. The molecule has 138 valence electrons. The van der Waals surface area contributed by atoms with Crippen molar-refractivity contribution < 1.29 is 9.53 Å². The van der Waals surface area contributed by atoms with Crippen LogP contribution in [0.4, 0.5) is 5.82 Å². The molecule has 0 spiro atoms. The van der Waals surface area contributed by atoms with Crippen LogP contribution in [0.5, 0.6) is 11.6 Å². The first-order valence-electron chi connectivity index (χ1n) is 8.84. The van der Waals surface area contributed by atoms with E-state index in [0.717, 1.165) is 30.2 Å². The van der Waals surface area contributed by atoms with Crippen LogP contribution in [-0.2, 0) is 0 Å². The van der Waals surface area contributed by atoms with Gasteiger partial charge in [-0.15, -0.1) is 0 Å². The predicted molar refractivity (Wildman–Crippen MR) is 106 cm³/mol. The van der Waals surface area contributed by atoms with E-state index in [1.165, 1.54) is 0 Å². The van der Waals surface area contributed by atoms with E-state index in [1.54, 1.807) is 11.3 Å². The van der Waals surface area contributed by atoms with Gasteiger partial charge in [0.05, 0.1) is 5.56 Å². The Balaban J connectivity index is 1.44. The normalized spacial score (nSPS) is 14.3. The molecule has 0 saturated carbocycles. The Bertz CT molecular complexity index is 907. The Morgan fingerprint density at radius 3 is 2.56 bits per heavy atom. The third-order valence-electron chi connectivity index (χ3n) is 4.43. The topological polar surface area (TPSA) is 58.6 Å². The average Bonchev–Trinajstić information content (AvgIpc) is 3.23. The summed E-state index contributed by atoms with van der Waals surface area (Å²) in [6.07, 6.45) is 0. The molecule has 7 heteroatoms. The lowest BCUT2D eigenvalue weighted by atomic mass is 10.2. The minimum absolute atomic E-state index is 0.0999. The lowest BCUT2D eigenvalue weighted by molar-refractivity contribution is 0.0747. The number of anilines is 1. The molecule has 0 radical (unpaired) electrons. The highest BCUT2D eigenvalue weighted by Crippen LogP contribution is 2.24. The number of hydrogen-bond acceptors (Lipinski definition) is 6. The highest BCUT2D eigenvalue weighted by atomic mass is 32.1. The summed E-state index contributed by atoms with van der Waals surface area (Å²) in [4.78, 5) is 25.5. The number of nitrogens with zero attached hydrogens (tertiary/aromatic N) is 4. The fourth-order valence-corrected chi connectivity index (χ4v) is 3.69. The zero-order valence-electron chi connectivity index (χ0n) is 15.0. The summed E-state index contributed by atoms with van der Waals surface area (Å²) in [6, 6.07) is 13.3. The molecule has 0 aliphatic carbocycles. The highest BCUT2D eigenvalue weighted by Gasteiger charge is 2.23. The number of aryl methyl sites for hydroxylation is 1. The molecule has 1 saturated heterocycles. The first-order chi connectivity index (χ1) is 13.2. The molecule has 3 aromatic rings. The number of benzene rings is 1. The maximum Gasteiger partial charge on any atom is 0.254 e. The molecule has 1 aromatic carbocycles. The number of aromatic nitrogens is 2. The van der Waals surface area contributed by atoms with Crippen molar-refractivity contribution in [2.45, 2.75) is 6.92 Å². The third-order valence-corrected chi connectivity index (χ3v) is 5.11. The Morgan fingerprint density at radius 1 is 1.07 bits per heavy atom. The second-order valence-electron chi connectivity index (χ2n) is 6.32. The minimum Gasteiger partial charge on any atom is -0.439 e. The summed E-state index contributed by atoms with van der Waals surface area (Å²) in [7, 11) is 0. The molecule has 3 heterocycles. The van der Waals surface area contributed by atoms with E-state index in [-0.39, 0.29) is 5.91 Å². The molecule has 1 aliphatic rings. The van der Waals surface area contributed by atoms with Crippen molar-refractivity contribution >= 4 is 23.1 Å². The summed E-state index contributed by atoms with van der Waals surface area (Å²) >= 11 is 1.54. The van der Waals surface area contributed by atoms with Gasteiger partial charge in [0.25, 0.3) is 5.91 Å². The van der Waals surface area contributed by atoms with Crippen LogP contribution in [0.2, 0.25) is 0 Å². The van der Waals surface area contributed by atoms with E-state index in [9.17, 15) is 4.79 Å². The van der Waals surface area contributed by atoms with Gasteiger partial charge in [0.1, 0.15) is 17.4 Å². The summed E-state index contributed by atoms with van der Waals surface area (Å²) in [6.45, 7) is 4.67. The van der Waals surface area contributed by atoms with Gasteiger partial charge >= 0.3 is 0 Å². The number of rotatable bonds is 4. The zero-order chi connectivity index (χ0) is 18.6. The Labute approximate surface area is 162 Å². The van der Waals surface area contributed by atoms with Crippen LogP contribution in [0.25, 0.3) is 0 Å². The Morgan fingerprint density at radius 2 is 1.85 bits per heavy atom. The fraction of sp³-hybridized carbons (Fsp3) is 0.250. The molecule has 0 unspecified atom stereocenters. The number of carbonyl (C=O) groups excluding carboxylic acids is 1. The first-order valence-corrected chi connectivity index (χ1v) is 9.78. The van der Waals surface area contributed by atoms with Crippen molar-refractivity contribution in [2.24, 2.45) is 0 Å². The molecule has 1 aliphatic heterocycles. The Hall–Kier alpha value is -2.93. The number of amides is 1. The highest BCUT2D eigenvalue weighted by molar-refractivity contribution is 7.08. The van der Waals surface area contributed by atoms with E-state index in [2.05, 4.69) is 14.9 Å². The number of hydrogen-bond donors (Lipinski definition) is 0. The van der Waals surface area contributed by atoms with Gasteiger partial charge in [0.2, 0.25) is 5.88 Å². The lowest BCUT2D eigenvalue weighted by Crippen LogP contribution is -2.49. The van der Waals surface area contributed by atoms with Gasteiger partial charge in [-0.1, -0.05) is 18.2 Å². The summed E-state index contributed by atoms with van der Waals surface area (Å²) in [5.41, 5.74) is 0.768. The van der Waals surface area contributed by atoms with Gasteiger partial charge in [-0.2, -0.15) is 16.3 Å². The monoisotopic (exact) mass is 380 g/mol. The molecular formula is C20H20N4O2S. The number of thiophene rings is 1. The largest absolute Gasteiger partial charge is 0.439 e. The summed E-state index contributed by atoms with van der Waals surface area (Å²) in [5, 5.41) is 3.83. The molecule has 1 fully saturated rings. The number of carbonyl (C=O) groups is 1. The van der Waals surface area contributed by atoms with Gasteiger partial charge in [-0.05, 0) is 30.5 Å². The smallest absolute Gasteiger partial charge is 0.254 e. The average molecular weight is 380 g/mol. The number of ether oxygens (including phenoxy) is 1. The van der Waals surface area contributed by atoms with Crippen molar-refractivity contribution in [1.82, 2.24) is 14.9 Å². The fourth-order valence-electron chi connectivity index (χ4n) is 3.06. The minimum atomic E-state index is 0.0999. The van der Waals surface area contributed by atoms with E-state index in [1.807, 2.05) is 65.0 Å². The van der Waals surface area contributed by atoms with Crippen LogP contribution in [0.1, 0.15) is 16.2 Å². The molecule has 1 amide bonds. The summed E-state index contributed by atoms with van der Waals surface area (Å²) in [5.74, 6) is 2.86. The van der Waals surface area contributed by atoms with Gasteiger partial charge in [0, 0.05) is 37.6 Å².